The van der Waals surface area contributed by atoms with Crippen molar-refractivity contribution in [2.75, 3.05) is 40.1 Å². The molecule has 0 aliphatic rings. The Labute approximate surface area is 112 Å². The Hall–Kier alpha value is -1.44. The number of aryl methyl sites for hydroxylation is 1. The predicted octanol–water partition coefficient (Wildman–Crippen LogP) is 0.569. The highest BCUT2D eigenvalue weighted by Crippen LogP contribution is 2.04. The Morgan fingerprint density at radius 3 is 2.47 bits per heavy atom. The molecule has 0 spiro atoms. The smallest absolute Gasteiger partial charge is 0.339 e. The topological polar surface area (TPSA) is 82.8 Å². The maximum Gasteiger partial charge on any atom is 0.339 e. The highest BCUT2D eigenvalue weighted by molar-refractivity contribution is 5.88. The molecule has 0 saturated carbocycles. The summed E-state index contributed by atoms with van der Waals surface area (Å²) in [5.41, 5.74) is 0.735. The largest absolute Gasteiger partial charge is 0.478 e. The van der Waals surface area contributed by atoms with Crippen LogP contribution >= 0.6 is 0 Å². The van der Waals surface area contributed by atoms with Gasteiger partial charge in [0, 0.05) is 13.3 Å². The van der Waals surface area contributed by atoms with Gasteiger partial charge < -0.3 is 19.3 Å². The highest BCUT2D eigenvalue weighted by Gasteiger charge is 2.11. The van der Waals surface area contributed by atoms with Gasteiger partial charge in [-0.15, -0.1) is 0 Å². The van der Waals surface area contributed by atoms with Crippen LogP contribution < -0.4 is 0 Å². The molecule has 7 nitrogen and oxygen atoms in total. The molecular weight excluding hydrogens is 252 g/mol. The van der Waals surface area contributed by atoms with E-state index in [0.29, 0.717) is 45.3 Å². The SMILES string of the molecule is COCCOCCOCCn1cc(C(=O)O)c(C)n1. The first-order valence-electron chi connectivity index (χ1n) is 6.07. The van der Waals surface area contributed by atoms with Crippen molar-refractivity contribution in [3.05, 3.63) is 17.5 Å². The first kappa shape index (κ1) is 15.6. The molecule has 0 aliphatic heterocycles. The number of aromatic nitrogens is 2. The lowest BCUT2D eigenvalue weighted by Crippen LogP contribution is -2.12. The third-order valence-electron chi connectivity index (χ3n) is 2.45. The Bertz CT molecular complexity index is 391. The molecule has 1 aromatic heterocycles. The second-order valence-corrected chi connectivity index (χ2v) is 3.91. The van der Waals surface area contributed by atoms with Crippen molar-refractivity contribution >= 4 is 5.97 Å². The summed E-state index contributed by atoms with van der Waals surface area (Å²) in [6, 6.07) is 0. The molecule has 0 bridgehead atoms. The maximum atomic E-state index is 10.8. The highest BCUT2D eigenvalue weighted by atomic mass is 16.5. The van der Waals surface area contributed by atoms with Crippen molar-refractivity contribution in [2.24, 2.45) is 0 Å². The first-order chi connectivity index (χ1) is 9.15. The fourth-order valence-corrected chi connectivity index (χ4v) is 1.46. The summed E-state index contributed by atoms with van der Waals surface area (Å²) in [6.45, 7) is 4.80. The molecule has 0 fully saturated rings. The maximum absolute atomic E-state index is 10.8. The number of carboxylic acid groups (broad SMARTS) is 1. The zero-order chi connectivity index (χ0) is 14.1. The number of ether oxygens (including phenoxy) is 3. The number of carbonyl (C=O) groups is 1. The van der Waals surface area contributed by atoms with E-state index >= 15 is 0 Å². The van der Waals surface area contributed by atoms with Crippen LogP contribution in [0.4, 0.5) is 0 Å². The van der Waals surface area contributed by atoms with Crippen molar-refractivity contribution < 1.29 is 24.1 Å². The summed E-state index contributed by atoms with van der Waals surface area (Å²) in [5, 5.41) is 13.0. The normalized spacial score (nSPS) is 10.8. The van der Waals surface area contributed by atoms with Crippen LogP contribution in [-0.2, 0) is 20.8 Å². The van der Waals surface area contributed by atoms with E-state index in [1.807, 2.05) is 0 Å². The van der Waals surface area contributed by atoms with E-state index in [1.54, 1.807) is 18.7 Å². The molecule has 0 amide bonds. The van der Waals surface area contributed by atoms with Gasteiger partial charge >= 0.3 is 5.97 Å². The van der Waals surface area contributed by atoms with Gasteiger partial charge in [-0.3, -0.25) is 4.68 Å². The second kappa shape index (κ2) is 8.63. The Morgan fingerprint density at radius 1 is 1.26 bits per heavy atom. The summed E-state index contributed by atoms with van der Waals surface area (Å²) < 4.78 is 17.0. The van der Waals surface area contributed by atoms with Gasteiger partial charge in [0.05, 0.1) is 45.3 Å². The summed E-state index contributed by atoms with van der Waals surface area (Å²) in [6.07, 6.45) is 1.51. The van der Waals surface area contributed by atoms with Gasteiger partial charge in [-0.25, -0.2) is 4.79 Å². The van der Waals surface area contributed by atoms with Crippen LogP contribution in [0, 0.1) is 6.92 Å². The van der Waals surface area contributed by atoms with E-state index in [-0.39, 0.29) is 5.56 Å². The van der Waals surface area contributed by atoms with Crippen LogP contribution in [0.5, 0.6) is 0 Å². The van der Waals surface area contributed by atoms with E-state index in [0.717, 1.165) is 0 Å². The number of carboxylic acids is 1. The van der Waals surface area contributed by atoms with Crippen LogP contribution in [-0.4, -0.2) is 61.0 Å². The molecule has 19 heavy (non-hydrogen) atoms. The number of nitrogens with zero attached hydrogens (tertiary/aromatic N) is 2. The fourth-order valence-electron chi connectivity index (χ4n) is 1.46. The van der Waals surface area contributed by atoms with Crippen LogP contribution in [0.1, 0.15) is 16.1 Å². The Balaban J connectivity index is 2.12. The lowest BCUT2D eigenvalue weighted by molar-refractivity contribution is 0.0225. The van der Waals surface area contributed by atoms with E-state index in [1.165, 1.54) is 6.20 Å². The van der Waals surface area contributed by atoms with E-state index < -0.39 is 5.97 Å². The molecule has 1 aromatic rings. The van der Waals surface area contributed by atoms with Crippen LogP contribution in [0.25, 0.3) is 0 Å². The molecule has 0 radical (unpaired) electrons. The van der Waals surface area contributed by atoms with Gasteiger partial charge in [-0.05, 0) is 6.92 Å². The Morgan fingerprint density at radius 2 is 1.89 bits per heavy atom. The third-order valence-corrected chi connectivity index (χ3v) is 2.45. The first-order valence-corrected chi connectivity index (χ1v) is 6.07. The average Bonchev–Trinajstić information content (AvgIpc) is 2.74. The fraction of sp³-hybridized carbons (Fsp3) is 0.667. The van der Waals surface area contributed by atoms with Gasteiger partial charge in [0.15, 0.2) is 0 Å². The van der Waals surface area contributed by atoms with Crippen molar-refractivity contribution in [3.63, 3.8) is 0 Å². The van der Waals surface area contributed by atoms with Crippen molar-refractivity contribution in [3.8, 4) is 0 Å². The molecule has 0 atom stereocenters. The van der Waals surface area contributed by atoms with Crippen molar-refractivity contribution in [1.82, 2.24) is 9.78 Å². The molecule has 1 rings (SSSR count). The second-order valence-electron chi connectivity index (χ2n) is 3.91. The minimum Gasteiger partial charge on any atom is -0.478 e. The monoisotopic (exact) mass is 272 g/mol. The van der Waals surface area contributed by atoms with Crippen LogP contribution in [0.3, 0.4) is 0 Å². The number of aromatic carboxylic acids is 1. The van der Waals surface area contributed by atoms with E-state index in [2.05, 4.69) is 5.10 Å². The van der Waals surface area contributed by atoms with Crippen molar-refractivity contribution in [2.45, 2.75) is 13.5 Å². The standard InChI is InChI=1S/C12H20N2O5/c1-10-11(12(15)16)9-14(13-10)3-4-18-7-8-19-6-5-17-2/h9H,3-8H2,1-2H3,(H,15,16). The zero-order valence-corrected chi connectivity index (χ0v) is 11.3. The minimum atomic E-state index is -0.962. The summed E-state index contributed by atoms with van der Waals surface area (Å²) in [4.78, 5) is 10.8. The van der Waals surface area contributed by atoms with Gasteiger partial charge in [0.1, 0.15) is 5.56 Å². The quantitative estimate of drug-likeness (QED) is 0.627. The molecule has 0 aromatic carbocycles. The van der Waals surface area contributed by atoms with E-state index in [9.17, 15) is 4.79 Å². The molecule has 0 unspecified atom stereocenters. The summed E-state index contributed by atoms with van der Waals surface area (Å²) >= 11 is 0. The number of methoxy groups -OCH3 is 1. The van der Waals surface area contributed by atoms with Crippen molar-refractivity contribution in [1.29, 1.82) is 0 Å². The van der Waals surface area contributed by atoms with Gasteiger partial charge in [-0.1, -0.05) is 0 Å². The predicted molar refractivity (Wildman–Crippen MR) is 67.4 cm³/mol. The summed E-state index contributed by atoms with van der Waals surface area (Å²) in [7, 11) is 1.62. The third kappa shape index (κ3) is 5.82. The lowest BCUT2D eigenvalue weighted by Gasteiger charge is -2.05. The summed E-state index contributed by atoms with van der Waals surface area (Å²) in [5.74, 6) is -0.962. The molecule has 1 heterocycles. The Kier molecular flexibility index (Phi) is 7.09. The van der Waals surface area contributed by atoms with Gasteiger partial charge in [0.25, 0.3) is 0 Å². The minimum absolute atomic E-state index is 0.225. The lowest BCUT2D eigenvalue weighted by atomic mass is 10.3. The molecule has 7 heteroatoms. The van der Waals surface area contributed by atoms with E-state index in [4.69, 9.17) is 19.3 Å². The molecule has 0 aliphatic carbocycles. The molecular formula is C12H20N2O5. The molecule has 108 valence electrons. The molecule has 1 N–H and O–H groups in total. The average molecular weight is 272 g/mol. The number of hydrogen-bond acceptors (Lipinski definition) is 5. The zero-order valence-electron chi connectivity index (χ0n) is 11.3. The van der Waals surface area contributed by atoms with Gasteiger partial charge in [0.2, 0.25) is 0 Å². The number of hydrogen-bond donors (Lipinski definition) is 1. The van der Waals surface area contributed by atoms with Gasteiger partial charge in [-0.2, -0.15) is 5.10 Å². The van der Waals surface area contributed by atoms with Crippen LogP contribution in [0.2, 0.25) is 0 Å². The van der Waals surface area contributed by atoms with Crippen LogP contribution in [0.15, 0.2) is 6.20 Å². The number of rotatable bonds is 10. The molecule has 0 saturated heterocycles.